The number of nitrogens with zero attached hydrogens (tertiary/aromatic N) is 1. The van der Waals surface area contributed by atoms with E-state index in [-0.39, 0.29) is 12.1 Å². The van der Waals surface area contributed by atoms with Crippen LogP contribution in [0.25, 0.3) is 0 Å². The van der Waals surface area contributed by atoms with E-state index in [2.05, 4.69) is 61.0 Å². The molecule has 2 aromatic rings. The van der Waals surface area contributed by atoms with Crippen molar-refractivity contribution in [2.45, 2.75) is 18.8 Å². The summed E-state index contributed by atoms with van der Waals surface area (Å²) >= 11 is 7.08. The van der Waals surface area contributed by atoms with Gasteiger partial charge in [0.1, 0.15) is 18.5 Å². The molecule has 0 spiro atoms. The van der Waals surface area contributed by atoms with Crippen molar-refractivity contribution < 1.29 is 14.2 Å². The number of hydrogen-bond acceptors (Lipinski definition) is 4. The maximum absolute atomic E-state index is 6.35. The topological polar surface area (TPSA) is 30.9 Å². The van der Waals surface area contributed by atoms with Gasteiger partial charge in [-0.25, -0.2) is 0 Å². The molecular weight excluding hydrogens is 462 g/mol. The van der Waals surface area contributed by atoms with E-state index in [1.54, 1.807) is 0 Å². The molecule has 2 unspecified atom stereocenters. The Hall–Kier alpha value is -0.920. The summed E-state index contributed by atoms with van der Waals surface area (Å²) < 4.78 is 20.0. The van der Waals surface area contributed by atoms with Gasteiger partial charge in [-0.3, -0.25) is 4.90 Å². The SMILES string of the molecule is Brc1cc(Br)cc(COC2COc3ccccc3C2N2CCOCC2)c1. The smallest absolute Gasteiger partial charge is 0.124 e. The molecule has 2 aliphatic rings. The minimum Gasteiger partial charge on any atom is -0.490 e. The minimum absolute atomic E-state index is 0.0132. The second-order valence-corrected chi connectivity index (χ2v) is 8.40. The molecule has 0 aliphatic carbocycles. The molecule has 0 aromatic heterocycles. The number of hydrogen-bond donors (Lipinski definition) is 0. The van der Waals surface area contributed by atoms with E-state index in [4.69, 9.17) is 14.2 Å². The molecule has 1 saturated heterocycles. The minimum atomic E-state index is -0.0132. The maximum atomic E-state index is 6.35. The lowest BCUT2D eigenvalue weighted by atomic mass is 9.96. The number of ether oxygens (including phenoxy) is 3. The highest BCUT2D eigenvalue weighted by atomic mass is 79.9. The summed E-state index contributed by atoms with van der Waals surface area (Å²) in [4.78, 5) is 2.46. The highest BCUT2D eigenvalue weighted by Gasteiger charge is 2.36. The average Bonchev–Trinajstić information content (AvgIpc) is 2.66. The summed E-state index contributed by atoms with van der Waals surface area (Å²) in [6.45, 7) is 4.49. The molecule has 0 amide bonds. The zero-order valence-electron chi connectivity index (χ0n) is 14.4. The van der Waals surface area contributed by atoms with Crippen LogP contribution < -0.4 is 4.74 Å². The molecule has 4 nitrogen and oxygen atoms in total. The highest BCUT2D eigenvalue weighted by Crippen LogP contribution is 2.38. The van der Waals surface area contributed by atoms with E-state index in [1.807, 2.05) is 18.2 Å². The van der Waals surface area contributed by atoms with Crippen LogP contribution in [0.5, 0.6) is 5.75 Å². The van der Waals surface area contributed by atoms with Crippen molar-refractivity contribution in [3.05, 3.63) is 62.5 Å². The fourth-order valence-electron chi connectivity index (χ4n) is 3.64. The Kier molecular flexibility index (Phi) is 5.96. The third-order valence-corrected chi connectivity index (χ3v) is 5.73. The van der Waals surface area contributed by atoms with Crippen LogP contribution in [0.15, 0.2) is 51.4 Å². The van der Waals surface area contributed by atoms with E-state index < -0.39 is 0 Å². The van der Waals surface area contributed by atoms with Gasteiger partial charge in [0.2, 0.25) is 0 Å². The van der Waals surface area contributed by atoms with E-state index >= 15 is 0 Å². The second-order valence-electron chi connectivity index (χ2n) is 6.57. The molecule has 0 saturated carbocycles. The zero-order valence-corrected chi connectivity index (χ0v) is 17.5. The summed E-state index contributed by atoms with van der Waals surface area (Å²) in [5.74, 6) is 0.967. The van der Waals surface area contributed by atoms with Gasteiger partial charge in [-0.05, 0) is 29.8 Å². The first kappa shape index (κ1) is 18.4. The monoisotopic (exact) mass is 481 g/mol. The van der Waals surface area contributed by atoms with Crippen LogP contribution >= 0.6 is 31.9 Å². The Bertz CT molecular complexity index is 744. The Morgan fingerprint density at radius 1 is 1.04 bits per heavy atom. The Morgan fingerprint density at radius 3 is 2.54 bits per heavy atom. The molecule has 2 aromatic carbocycles. The number of para-hydroxylation sites is 1. The summed E-state index contributed by atoms with van der Waals surface area (Å²) in [5, 5.41) is 0. The lowest BCUT2D eigenvalue weighted by Crippen LogP contribution is -2.47. The molecule has 4 rings (SSSR count). The Labute approximate surface area is 170 Å². The van der Waals surface area contributed by atoms with Gasteiger partial charge in [-0.15, -0.1) is 0 Å². The predicted octanol–water partition coefficient (Wildman–Crippen LogP) is 4.56. The summed E-state index contributed by atoms with van der Waals surface area (Å²) in [7, 11) is 0. The maximum Gasteiger partial charge on any atom is 0.124 e. The zero-order chi connectivity index (χ0) is 17.9. The van der Waals surface area contributed by atoms with Crippen LogP contribution in [0, 0.1) is 0 Å². The molecule has 2 aliphatic heterocycles. The van der Waals surface area contributed by atoms with Crippen molar-refractivity contribution in [2.24, 2.45) is 0 Å². The third kappa shape index (κ3) is 4.15. The van der Waals surface area contributed by atoms with E-state index in [9.17, 15) is 0 Å². The molecule has 1 fully saturated rings. The van der Waals surface area contributed by atoms with E-state index in [1.165, 1.54) is 5.56 Å². The van der Waals surface area contributed by atoms with Crippen LogP contribution in [-0.4, -0.2) is 43.9 Å². The summed E-state index contributed by atoms with van der Waals surface area (Å²) in [6, 6.07) is 14.7. The number of fused-ring (bicyclic) bond motifs is 1. The van der Waals surface area contributed by atoms with Gasteiger partial charge < -0.3 is 14.2 Å². The molecule has 0 radical (unpaired) electrons. The fraction of sp³-hybridized carbons (Fsp3) is 0.400. The van der Waals surface area contributed by atoms with Crippen molar-refractivity contribution >= 4 is 31.9 Å². The quantitative estimate of drug-likeness (QED) is 0.639. The van der Waals surface area contributed by atoms with E-state index in [0.29, 0.717) is 13.2 Å². The largest absolute Gasteiger partial charge is 0.490 e. The fourth-order valence-corrected chi connectivity index (χ4v) is 5.03. The lowest BCUT2D eigenvalue weighted by Gasteiger charge is -2.42. The van der Waals surface area contributed by atoms with Gasteiger partial charge in [0, 0.05) is 27.6 Å². The molecule has 0 N–H and O–H groups in total. The second kappa shape index (κ2) is 8.40. The standard InChI is InChI=1S/C20H21Br2NO3/c21-15-9-14(10-16(22)11-15)12-25-19-13-26-18-4-2-1-3-17(18)20(19)23-5-7-24-8-6-23/h1-4,9-11,19-20H,5-8,12-13H2. The first-order chi connectivity index (χ1) is 12.7. The van der Waals surface area contributed by atoms with Crippen LogP contribution in [0.4, 0.5) is 0 Å². The molecule has 6 heteroatoms. The molecule has 26 heavy (non-hydrogen) atoms. The Morgan fingerprint density at radius 2 is 1.77 bits per heavy atom. The molecule has 0 bridgehead atoms. The van der Waals surface area contributed by atoms with Crippen LogP contribution in [0.3, 0.4) is 0 Å². The normalized spacial score (nSPS) is 23.3. The van der Waals surface area contributed by atoms with Gasteiger partial charge >= 0.3 is 0 Å². The van der Waals surface area contributed by atoms with Gasteiger partial charge in [0.05, 0.1) is 25.9 Å². The number of benzene rings is 2. The highest BCUT2D eigenvalue weighted by molar-refractivity contribution is 9.11. The predicted molar refractivity (Wildman–Crippen MR) is 107 cm³/mol. The number of halogens is 2. The molecule has 2 atom stereocenters. The molecule has 2 heterocycles. The van der Waals surface area contributed by atoms with Gasteiger partial charge in [-0.1, -0.05) is 50.1 Å². The van der Waals surface area contributed by atoms with Crippen molar-refractivity contribution in [3.63, 3.8) is 0 Å². The average molecular weight is 483 g/mol. The van der Waals surface area contributed by atoms with Gasteiger partial charge in [0.25, 0.3) is 0 Å². The Balaban J connectivity index is 1.55. The van der Waals surface area contributed by atoms with Crippen molar-refractivity contribution in [3.8, 4) is 5.75 Å². The summed E-state index contributed by atoms with van der Waals surface area (Å²) in [6.07, 6.45) is -0.0132. The van der Waals surface area contributed by atoms with Gasteiger partial charge in [0.15, 0.2) is 0 Å². The van der Waals surface area contributed by atoms with Crippen LogP contribution in [0.2, 0.25) is 0 Å². The molecular formula is C20H21Br2NO3. The van der Waals surface area contributed by atoms with Crippen molar-refractivity contribution in [1.29, 1.82) is 0 Å². The summed E-state index contributed by atoms with van der Waals surface area (Å²) in [5.41, 5.74) is 2.34. The van der Waals surface area contributed by atoms with E-state index in [0.717, 1.165) is 46.6 Å². The third-order valence-electron chi connectivity index (χ3n) is 4.82. The van der Waals surface area contributed by atoms with Crippen molar-refractivity contribution in [1.82, 2.24) is 4.90 Å². The first-order valence-electron chi connectivity index (χ1n) is 8.81. The number of morpholine rings is 1. The number of rotatable bonds is 4. The van der Waals surface area contributed by atoms with Crippen LogP contribution in [-0.2, 0) is 16.1 Å². The van der Waals surface area contributed by atoms with Gasteiger partial charge in [-0.2, -0.15) is 0 Å². The first-order valence-corrected chi connectivity index (χ1v) is 10.4. The van der Waals surface area contributed by atoms with Crippen LogP contribution in [0.1, 0.15) is 17.2 Å². The molecule has 138 valence electrons. The lowest BCUT2D eigenvalue weighted by molar-refractivity contribution is -0.0812. The van der Waals surface area contributed by atoms with Crippen molar-refractivity contribution in [2.75, 3.05) is 32.9 Å².